The predicted molar refractivity (Wildman–Crippen MR) is 104 cm³/mol. The second-order valence-electron chi connectivity index (χ2n) is 6.76. The topological polar surface area (TPSA) is 117 Å². The maximum atomic E-state index is 12.5. The van der Waals surface area contributed by atoms with E-state index in [9.17, 15) is 9.59 Å². The molecule has 9 heteroatoms. The number of urea groups is 1. The Labute approximate surface area is 163 Å². The van der Waals surface area contributed by atoms with Gasteiger partial charge in [-0.3, -0.25) is 5.32 Å². The molecule has 3 rings (SSSR count). The van der Waals surface area contributed by atoms with Gasteiger partial charge in [0.1, 0.15) is 12.4 Å². The van der Waals surface area contributed by atoms with E-state index in [0.717, 1.165) is 30.8 Å². The highest BCUT2D eigenvalue weighted by atomic mass is 16.6. The Balaban J connectivity index is 1.57. The van der Waals surface area contributed by atoms with Crippen molar-refractivity contribution in [3.05, 3.63) is 42.0 Å². The zero-order valence-corrected chi connectivity index (χ0v) is 16.0. The third-order valence-corrected chi connectivity index (χ3v) is 4.60. The van der Waals surface area contributed by atoms with Crippen molar-refractivity contribution in [3.8, 4) is 0 Å². The Morgan fingerprint density at radius 2 is 1.96 bits per heavy atom. The first-order chi connectivity index (χ1) is 13.5. The summed E-state index contributed by atoms with van der Waals surface area (Å²) in [4.78, 5) is 31.8. The van der Waals surface area contributed by atoms with Crippen LogP contribution in [0.4, 0.5) is 21.0 Å². The van der Waals surface area contributed by atoms with Crippen LogP contribution in [0.15, 0.2) is 30.5 Å². The number of imidazole rings is 1. The SMILES string of the molecule is COCCOC(=O)Nc1cccc(NC(=O)NC2(c3ncc(C)[nH]3)CCC2)c1. The van der Waals surface area contributed by atoms with E-state index < -0.39 is 11.6 Å². The molecule has 0 aliphatic heterocycles. The van der Waals surface area contributed by atoms with Crippen LogP contribution in [-0.2, 0) is 15.0 Å². The van der Waals surface area contributed by atoms with E-state index in [1.807, 2.05) is 6.92 Å². The number of carbonyl (C=O) groups excluding carboxylic acids is 2. The number of aryl methyl sites for hydroxylation is 1. The predicted octanol–water partition coefficient (Wildman–Crippen LogP) is 3.11. The molecule has 0 saturated heterocycles. The van der Waals surface area contributed by atoms with Crippen molar-refractivity contribution in [1.29, 1.82) is 0 Å². The Bertz CT molecular complexity index is 831. The molecule has 150 valence electrons. The van der Waals surface area contributed by atoms with Crippen molar-refractivity contribution in [2.45, 2.75) is 31.7 Å². The molecular formula is C19H25N5O4. The van der Waals surface area contributed by atoms with Crippen molar-refractivity contribution < 1.29 is 19.1 Å². The first-order valence-electron chi connectivity index (χ1n) is 9.15. The molecule has 1 aromatic heterocycles. The van der Waals surface area contributed by atoms with Crippen LogP contribution in [-0.4, -0.2) is 42.4 Å². The van der Waals surface area contributed by atoms with E-state index in [2.05, 4.69) is 25.9 Å². The summed E-state index contributed by atoms with van der Waals surface area (Å²) in [6.45, 7) is 2.42. The van der Waals surface area contributed by atoms with E-state index in [1.165, 1.54) is 7.11 Å². The monoisotopic (exact) mass is 387 g/mol. The number of H-pyrrole nitrogens is 1. The first-order valence-corrected chi connectivity index (χ1v) is 9.15. The lowest BCUT2D eigenvalue weighted by molar-refractivity contribution is 0.107. The summed E-state index contributed by atoms with van der Waals surface area (Å²) in [5.41, 5.74) is 1.57. The summed E-state index contributed by atoms with van der Waals surface area (Å²) in [7, 11) is 1.53. The number of nitrogens with one attached hydrogen (secondary N) is 4. The molecule has 1 heterocycles. The van der Waals surface area contributed by atoms with Gasteiger partial charge in [-0.2, -0.15) is 0 Å². The first kappa shape index (κ1) is 19.7. The van der Waals surface area contributed by atoms with Crippen LogP contribution in [0.2, 0.25) is 0 Å². The molecule has 1 aliphatic carbocycles. The Morgan fingerprint density at radius 1 is 1.21 bits per heavy atom. The highest BCUT2D eigenvalue weighted by Crippen LogP contribution is 2.39. The summed E-state index contributed by atoms with van der Waals surface area (Å²) < 4.78 is 9.79. The highest BCUT2D eigenvalue weighted by Gasteiger charge is 2.42. The van der Waals surface area contributed by atoms with E-state index in [4.69, 9.17) is 9.47 Å². The zero-order valence-electron chi connectivity index (χ0n) is 16.0. The van der Waals surface area contributed by atoms with Gasteiger partial charge in [0.05, 0.1) is 12.1 Å². The molecule has 1 saturated carbocycles. The number of hydrogen-bond acceptors (Lipinski definition) is 5. The lowest BCUT2D eigenvalue weighted by Crippen LogP contribution is -2.52. The number of methoxy groups -OCH3 is 1. The lowest BCUT2D eigenvalue weighted by atomic mass is 9.76. The zero-order chi connectivity index (χ0) is 20.0. The van der Waals surface area contributed by atoms with E-state index in [0.29, 0.717) is 18.0 Å². The molecule has 1 fully saturated rings. The number of aromatic amines is 1. The van der Waals surface area contributed by atoms with Gasteiger partial charge in [0, 0.05) is 30.4 Å². The molecule has 0 bridgehead atoms. The summed E-state index contributed by atoms with van der Waals surface area (Å²) in [5, 5.41) is 8.45. The molecule has 3 amide bonds. The van der Waals surface area contributed by atoms with Gasteiger partial charge >= 0.3 is 12.1 Å². The van der Waals surface area contributed by atoms with Gasteiger partial charge in [0.15, 0.2) is 0 Å². The van der Waals surface area contributed by atoms with Crippen LogP contribution in [0.1, 0.15) is 30.8 Å². The minimum absolute atomic E-state index is 0.164. The maximum absolute atomic E-state index is 12.5. The van der Waals surface area contributed by atoms with E-state index in [1.54, 1.807) is 30.5 Å². The summed E-state index contributed by atoms with van der Waals surface area (Å²) in [6.07, 6.45) is 3.88. The number of amides is 3. The minimum atomic E-state index is -0.583. The molecule has 1 aliphatic rings. The van der Waals surface area contributed by atoms with Gasteiger partial charge in [-0.1, -0.05) is 6.07 Å². The number of anilines is 2. The van der Waals surface area contributed by atoms with Gasteiger partial charge in [0.25, 0.3) is 0 Å². The second-order valence-corrected chi connectivity index (χ2v) is 6.76. The van der Waals surface area contributed by atoms with Crippen LogP contribution in [0.3, 0.4) is 0 Å². The molecule has 0 atom stereocenters. The van der Waals surface area contributed by atoms with Crippen LogP contribution >= 0.6 is 0 Å². The molecule has 0 spiro atoms. The van der Waals surface area contributed by atoms with Gasteiger partial charge < -0.3 is 25.1 Å². The number of carbonyl (C=O) groups is 2. The molecule has 2 aromatic rings. The fourth-order valence-electron chi connectivity index (χ4n) is 3.03. The molecular weight excluding hydrogens is 362 g/mol. The van der Waals surface area contributed by atoms with Crippen LogP contribution in [0, 0.1) is 6.92 Å². The van der Waals surface area contributed by atoms with Crippen LogP contribution in [0.25, 0.3) is 0 Å². The standard InChI is InChI=1S/C19H25N5O4/c1-13-12-20-16(21-13)19(7-4-8-19)24-17(25)22-14-5-3-6-15(11-14)23-18(26)28-10-9-27-2/h3,5-6,11-12H,4,7-10H2,1-2H3,(H,20,21)(H,23,26)(H2,22,24,25). The van der Waals surface area contributed by atoms with Crippen molar-refractivity contribution in [1.82, 2.24) is 15.3 Å². The average molecular weight is 387 g/mol. The molecule has 1 aromatic carbocycles. The second kappa shape index (κ2) is 8.75. The smallest absolute Gasteiger partial charge is 0.411 e. The third kappa shape index (κ3) is 4.80. The quantitative estimate of drug-likeness (QED) is 0.545. The van der Waals surface area contributed by atoms with Gasteiger partial charge in [-0.15, -0.1) is 0 Å². The molecule has 9 nitrogen and oxygen atoms in total. The maximum Gasteiger partial charge on any atom is 0.411 e. The van der Waals surface area contributed by atoms with E-state index in [-0.39, 0.29) is 12.6 Å². The molecule has 0 unspecified atom stereocenters. The van der Waals surface area contributed by atoms with Crippen molar-refractivity contribution in [3.63, 3.8) is 0 Å². The van der Waals surface area contributed by atoms with Gasteiger partial charge in [0.2, 0.25) is 0 Å². The van der Waals surface area contributed by atoms with Crippen molar-refractivity contribution in [2.24, 2.45) is 0 Å². The molecule has 4 N–H and O–H groups in total. The largest absolute Gasteiger partial charge is 0.447 e. The number of ether oxygens (including phenoxy) is 2. The summed E-state index contributed by atoms with van der Waals surface area (Å²) in [6, 6.07) is 6.51. The Hall–Kier alpha value is -3.07. The highest BCUT2D eigenvalue weighted by molar-refractivity contribution is 5.91. The lowest BCUT2D eigenvalue weighted by Gasteiger charge is -2.40. The normalized spacial score (nSPS) is 14.6. The Morgan fingerprint density at radius 3 is 2.57 bits per heavy atom. The number of rotatable bonds is 7. The average Bonchev–Trinajstić information content (AvgIpc) is 3.05. The molecule has 0 radical (unpaired) electrons. The molecule has 28 heavy (non-hydrogen) atoms. The van der Waals surface area contributed by atoms with E-state index >= 15 is 0 Å². The number of nitrogens with zero attached hydrogens (tertiary/aromatic N) is 1. The Kier molecular flexibility index (Phi) is 6.15. The number of benzene rings is 1. The van der Waals surface area contributed by atoms with Crippen molar-refractivity contribution in [2.75, 3.05) is 31.0 Å². The third-order valence-electron chi connectivity index (χ3n) is 4.60. The van der Waals surface area contributed by atoms with Crippen molar-refractivity contribution >= 4 is 23.5 Å². The fourth-order valence-corrected chi connectivity index (χ4v) is 3.03. The van der Waals surface area contributed by atoms with Gasteiger partial charge in [-0.05, 0) is 44.4 Å². The summed E-state index contributed by atoms with van der Waals surface area (Å²) in [5.74, 6) is 0.778. The van der Waals surface area contributed by atoms with Gasteiger partial charge in [-0.25, -0.2) is 14.6 Å². The number of aromatic nitrogens is 2. The fraction of sp³-hybridized carbons (Fsp3) is 0.421. The van der Waals surface area contributed by atoms with Crippen LogP contribution in [0.5, 0.6) is 0 Å². The number of hydrogen-bond donors (Lipinski definition) is 4. The minimum Gasteiger partial charge on any atom is -0.447 e. The van der Waals surface area contributed by atoms with Crippen LogP contribution < -0.4 is 16.0 Å². The summed E-state index contributed by atoms with van der Waals surface area (Å²) >= 11 is 0.